The van der Waals surface area contributed by atoms with Crippen molar-refractivity contribution in [2.75, 3.05) is 0 Å². The molecule has 0 aliphatic heterocycles. The maximum atomic E-state index is 4.19. The zero-order valence-corrected chi connectivity index (χ0v) is 53.2. The van der Waals surface area contributed by atoms with Crippen molar-refractivity contribution >= 4 is 11.9 Å². The van der Waals surface area contributed by atoms with Gasteiger partial charge in [-0.25, -0.2) is 30.8 Å². The van der Waals surface area contributed by atoms with E-state index in [1.807, 2.05) is 182 Å². The van der Waals surface area contributed by atoms with Gasteiger partial charge in [0.25, 0.3) is 0 Å². The van der Waals surface area contributed by atoms with Gasteiger partial charge < -0.3 is 31.1 Å². The molecule has 0 aliphatic rings. The number of tetrazole rings is 4. The second-order valence-electron chi connectivity index (χ2n) is 15.2. The molecule has 418 valence electrons. The summed E-state index contributed by atoms with van der Waals surface area (Å²) < 4.78 is 0. The summed E-state index contributed by atoms with van der Waals surface area (Å²) in [6.45, 7) is 0. The smallest absolute Gasteiger partial charge is 0.412 e. The molecule has 0 spiro atoms. The van der Waals surface area contributed by atoms with Crippen LogP contribution in [0.25, 0.3) is 56.9 Å². The van der Waals surface area contributed by atoms with E-state index in [0.717, 1.165) is 56.9 Å². The predicted molar refractivity (Wildman–Crippen MR) is 301 cm³/mol. The van der Waals surface area contributed by atoms with Gasteiger partial charge in [-0.2, -0.15) is 10.4 Å². The third kappa shape index (κ3) is 24.3. The Bertz CT molecular complexity index is 3240. The van der Waals surface area contributed by atoms with Crippen molar-refractivity contribution in [3.63, 3.8) is 0 Å². The summed E-state index contributed by atoms with van der Waals surface area (Å²) in [5.41, 5.74) is 9.59. The molecule has 0 atom stereocenters. The molecule has 0 saturated heterocycles. The van der Waals surface area contributed by atoms with Crippen LogP contribution in [0.1, 0.15) is 0 Å². The summed E-state index contributed by atoms with van der Waals surface area (Å²) in [5, 5.41) is 51.5. The number of hydrogen-bond donors (Lipinski definition) is 2. The molecule has 0 bridgehead atoms. The number of nitrogens with one attached hydrogen (secondary N) is 2. The van der Waals surface area contributed by atoms with Crippen molar-refractivity contribution in [1.29, 1.82) is 0 Å². The first-order chi connectivity index (χ1) is 40.7. The summed E-state index contributed by atoms with van der Waals surface area (Å²) >= 11 is 0. The Balaban J connectivity index is 0.000000213. The van der Waals surface area contributed by atoms with Crippen molar-refractivity contribution < 1.29 is 65.5 Å². The zero-order valence-electron chi connectivity index (χ0n) is 45.1. The summed E-state index contributed by atoms with van der Waals surface area (Å²) in [5.74, 6) is 0.257. The monoisotopic (exact) mass is 1350 g/mol. The van der Waals surface area contributed by atoms with Crippen LogP contribution in [0.15, 0.2) is 254 Å². The summed E-state index contributed by atoms with van der Waals surface area (Å²) in [6.07, 6.45) is 17.7. The van der Waals surface area contributed by atoms with Crippen LogP contribution in [-0.4, -0.2) is 123 Å². The van der Waals surface area contributed by atoms with Crippen LogP contribution in [0.4, 0.5) is 11.9 Å². The first kappa shape index (κ1) is 67.6. The van der Waals surface area contributed by atoms with E-state index in [1.165, 1.54) is 0 Å². The van der Waals surface area contributed by atoms with Crippen molar-refractivity contribution in [1.82, 2.24) is 132 Å². The third-order valence-electron chi connectivity index (χ3n) is 9.66. The van der Waals surface area contributed by atoms with Gasteiger partial charge in [0.1, 0.15) is 11.9 Å². The standard InChI is InChI=1S/5C10H8N2.2C2HN9.2Cd.2H2O/c5*1-3-7-11-9(5-1)10-6-2-4-8-12-10;2*3(1-4-8-9-5-1)2-6-10-11-7-2;;;;/h5*1-8H;2*(H-2,3,4,5,6,7,8,9,10,11);;;2*1H2/q;;;;;2*-2;2*+2;;. The van der Waals surface area contributed by atoms with E-state index in [4.69, 9.17) is 0 Å². The Labute approximate surface area is 528 Å². The molecule has 14 aromatic heterocycles. The summed E-state index contributed by atoms with van der Waals surface area (Å²) in [6, 6.07) is 58.0. The maximum absolute atomic E-state index is 4.19. The number of aromatic amines is 2. The topological polar surface area (TPSA) is 433 Å². The Morgan fingerprint density at radius 3 is 0.581 bits per heavy atom. The van der Waals surface area contributed by atoms with Crippen molar-refractivity contribution in [3.05, 3.63) is 255 Å². The van der Waals surface area contributed by atoms with Crippen LogP contribution >= 0.6 is 0 Å². The van der Waals surface area contributed by atoms with Gasteiger partial charge in [-0.1, -0.05) is 60.7 Å². The van der Waals surface area contributed by atoms with Crippen LogP contribution in [-0.2, 0) is 54.6 Å². The molecule has 32 heteroatoms. The van der Waals surface area contributed by atoms with Crippen molar-refractivity contribution in [2.24, 2.45) is 9.98 Å². The van der Waals surface area contributed by atoms with Crippen LogP contribution in [0, 0.1) is 0 Å². The molecule has 0 aromatic carbocycles. The van der Waals surface area contributed by atoms with E-state index in [2.05, 4.69) is 142 Å². The first-order valence-electron chi connectivity index (χ1n) is 24.1. The van der Waals surface area contributed by atoms with E-state index in [-0.39, 0.29) is 88.7 Å². The average molecular weight is 1340 g/mol. The molecule has 14 aromatic rings. The van der Waals surface area contributed by atoms with Gasteiger partial charge in [0.15, 0.2) is 0 Å². The van der Waals surface area contributed by atoms with Gasteiger partial charge in [-0.3, -0.25) is 60.0 Å². The average Bonchev–Trinajstić information content (AvgIpc) is 4.63. The van der Waals surface area contributed by atoms with Gasteiger partial charge in [-0.15, -0.1) is 20.9 Å². The normalized spacial score (nSPS) is 9.86. The molecular weight excluding hydrogens is 1300 g/mol. The predicted octanol–water partition coefficient (Wildman–Crippen LogP) is 3.34. The van der Waals surface area contributed by atoms with Gasteiger partial charge in [0.05, 0.1) is 68.2 Å². The summed E-state index contributed by atoms with van der Waals surface area (Å²) in [4.78, 5) is 49.3. The van der Waals surface area contributed by atoms with E-state index >= 15 is 0 Å². The number of hydrogen-bond acceptors (Lipinski definition) is 22. The van der Waals surface area contributed by atoms with E-state index in [1.54, 1.807) is 62.0 Å². The SMILES string of the molecule is N(/c1nnn[n-]1)=c1/[n-]nn[nH]1.N(/c1nnn[n-]1)=c1/[n-]nn[nH]1.O.O.[Cd+2].[Cd+2].c1ccc(-c2ccccn2)nc1.c1ccc(-c2ccccn2)nc1.c1ccc(-c2ccccn2)nc1.c1ccc(-c2ccccn2)nc1.c1ccc(-c2ccccn2)nc1. The molecule has 0 fully saturated rings. The largest absolute Gasteiger partial charge is 2.00 e. The Morgan fingerprint density at radius 1 is 0.256 bits per heavy atom. The second-order valence-corrected chi connectivity index (χ2v) is 15.2. The van der Waals surface area contributed by atoms with Crippen molar-refractivity contribution in [2.45, 2.75) is 0 Å². The Hall–Kier alpha value is -10.9. The minimum absolute atomic E-state index is 0. The Kier molecular flexibility index (Phi) is 31.7. The van der Waals surface area contributed by atoms with E-state index in [0.29, 0.717) is 0 Å². The maximum Gasteiger partial charge on any atom is 2.00 e. The van der Waals surface area contributed by atoms with Crippen LogP contribution < -0.4 is 31.6 Å². The fourth-order valence-corrected chi connectivity index (χ4v) is 6.10. The minimum Gasteiger partial charge on any atom is -0.412 e. The molecule has 86 heavy (non-hydrogen) atoms. The molecule has 0 radical (unpaired) electrons. The van der Waals surface area contributed by atoms with Crippen molar-refractivity contribution in [3.8, 4) is 56.9 Å². The zero-order chi connectivity index (χ0) is 56.2. The van der Waals surface area contributed by atoms with Crippen LogP contribution in [0.2, 0.25) is 0 Å². The number of H-pyrrole nitrogens is 2. The van der Waals surface area contributed by atoms with E-state index < -0.39 is 0 Å². The molecule has 0 amide bonds. The molecule has 14 heterocycles. The second kappa shape index (κ2) is 40.4. The summed E-state index contributed by atoms with van der Waals surface area (Å²) in [7, 11) is 0. The molecular formula is C54H46Cd2N28O2. The first-order valence-corrected chi connectivity index (χ1v) is 24.1. The van der Waals surface area contributed by atoms with Gasteiger partial charge >= 0.3 is 54.6 Å². The molecule has 6 N–H and O–H groups in total. The molecule has 0 unspecified atom stereocenters. The van der Waals surface area contributed by atoms with Crippen LogP contribution in [0.5, 0.6) is 0 Å². The minimum atomic E-state index is 0. The fraction of sp³-hybridized carbons (Fsp3) is 0. The molecule has 0 aliphatic carbocycles. The van der Waals surface area contributed by atoms with E-state index in [9.17, 15) is 0 Å². The number of rotatable bonds is 7. The molecule has 0 saturated carbocycles. The molecule has 30 nitrogen and oxygen atoms in total. The van der Waals surface area contributed by atoms with Gasteiger partial charge in [0, 0.05) is 62.0 Å². The van der Waals surface area contributed by atoms with Gasteiger partial charge in [0.2, 0.25) is 0 Å². The fourth-order valence-electron chi connectivity index (χ4n) is 6.10. The number of pyridine rings is 10. The van der Waals surface area contributed by atoms with Gasteiger partial charge in [-0.05, 0) is 121 Å². The van der Waals surface area contributed by atoms with Crippen LogP contribution in [0.3, 0.4) is 0 Å². The number of aromatic nitrogens is 26. The Morgan fingerprint density at radius 2 is 0.453 bits per heavy atom. The quantitative estimate of drug-likeness (QED) is 0.216. The third-order valence-corrected chi connectivity index (χ3v) is 9.66. The number of nitrogens with zero attached hydrogens (tertiary/aromatic N) is 26. The molecule has 14 rings (SSSR count).